The van der Waals surface area contributed by atoms with Crippen LogP contribution in [-0.2, 0) is 6.54 Å². The van der Waals surface area contributed by atoms with Gasteiger partial charge in [0.2, 0.25) is 0 Å². The molecule has 1 aliphatic rings. The van der Waals surface area contributed by atoms with Crippen LogP contribution in [0.2, 0.25) is 0 Å². The quantitative estimate of drug-likeness (QED) is 0.855. The molecule has 1 aromatic carbocycles. The van der Waals surface area contributed by atoms with Crippen LogP contribution in [0.15, 0.2) is 30.3 Å². The van der Waals surface area contributed by atoms with E-state index in [1.165, 1.54) is 5.56 Å². The lowest BCUT2D eigenvalue weighted by Gasteiger charge is -2.43. The van der Waals surface area contributed by atoms with Gasteiger partial charge in [-0.1, -0.05) is 36.8 Å². The molecule has 1 aromatic rings. The Morgan fingerprint density at radius 2 is 2.00 bits per heavy atom. The van der Waals surface area contributed by atoms with E-state index in [9.17, 15) is 10.2 Å². The van der Waals surface area contributed by atoms with E-state index in [1.54, 1.807) is 0 Å². The molecule has 3 atom stereocenters. The van der Waals surface area contributed by atoms with Crippen molar-refractivity contribution in [2.24, 2.45) is 0 Å². The van der Waals surface area contributed by atoms with Crippen LogP contribution in [0.5, 0.6) is 0 Å². The van der Waals surface area contributed by atoms with Gasteiger partial charge in [0, 0.05) is 18.6 Å². The van der Waals surface area contributed by atoms with Gasteiger partial charge in [-0.15, -0.1) is 0 Å². The highest BCUT2D eigenvalue weighted by Crippen LogP contribution is 2.26. The molecule has 1 aliphatic heterocycles. The largest absolute Gasteiger partial charge is 0.395 e. The van der Waals surface area contributed by atoms with E-state index in [4.69, 9.17) is 0 Å². The molecule has 18 heavy (non-hydrogen) atoms. The lowest BCUT2D eigenvalue weighted by atomic mass is 9.92. The number of hydrogen-bond acceptors (Lipinski definition) is 3. The number of aliphatic hydroxyl groups is 2. The first-order valence-electron chi connectivity index (χ1n) is 6.81. The summed E-state index contributed by atoms with van der Waals surface area (Å²) in [5.41, 5.74) is 1.24. The summed E-state index contributed by atoms with van der Waals surface area (Å²) in [6, 6.07) is 10.6. The summed E-state index contributed by atoms with van der Waals surface area (Å²) in [6.45, 7) is 2.83. The normalized spacial score (nSPS) is 27.1. The Bertz CT molecular complexity index is 353. The summed E-state index contributed by atoms with van der Waals surface area (Å²) in [4.78, 5) is 2.27. The number of likely N-dealkylation sites (tertiary alicyclic amines) is 1. The Morgan fingerprint density at radius 3 is 2.61 bits per heavy atom. The van der Waals surface area contributed by atoms with Crippen LogP contribution in [0.1, 0.15) is 31.7 Å². The molecule has 0 aliphatic carbocycles. The Kier molecular flexibility index (Phi) is 4.75. The molecule has 0 spiro atoms. The van der Waals surface area contributed by atoms with E-state index >= 15 is 0 Å². The van der Waals surface area contributed by atoms with Crippen LogP contribution in [-0.4, -0.2) is 39.9 Å². The van der Waals surface area contributed by atoms with Gasteiger partial charge in [0.25, 0.3) is 0 Å². The van der Waals surface area contributed by atoms with Gasteiger partial charge in [0.15, 0.2) is 0 Å². The molecule has 0 amide bonds. The minimum Gasteiger partial charge on any atom is -0.395 e. The van der Waals surface area contributed by atoms with Crippen LogP contribution < -0.4 is 0 Å². The van der Waals surface area contributed by atoms with E-state index in [0.717, 1.165) is 25.8 Å². The highest BCUT2D eigenvalue weighted by molar-refractivity contribution is 5.15. The first kappa shape index (κ1) is 13.5. The van der Waals surface area contributed by atoms with Crippen molar-refractivity contribution >= 4 is 0 Å². The Labute approximate surface area is 109 Å². The monoisotopic (exact) mass is 249 g/mol. The number of piperidine rings is 1. The van der Waals surface area contributed by atoms with E-state index in [0.29, 0.717) is 0 Å². The zero-order valence-electron chi connectivity index (χ0n) is 11.0. The van der Waals surface area contributed by atoms with Crippen molar-refractivity contribution in [1.82, 2.24) is 4.90 Å². The van der Waals surface area contributed by atoms with Crippen LogP contribution >= 0.6 is 0 Å². The molecular formula is C15H23NO2. The van der Waals surface area contributed by atoms with E-state index < -0.39 is 0 Å². The maximum atomic E-state index is 9.92. The zero-order chi connectivity index (χ0) is 13.0. The predicted molar refractivity (Wildman–Crippen MR) is 72.2 cm³/mol. The highest BCUT2D eigenvalue weighted by atomic mass is 16.3. The minimum atomic E-state index is -0.344. The minimum absolute atomic E-state index is 0.163. The number of hydrogen-bond donors (Lipinski definition) is 2. The fourth-order valence-corrected chi connectivity index (χ4v) is 2.92. The van der Waals surface area contributed by atoms with E-state index in [2.05, 4.69) is 17.0 Å². The molecule has 2 N–H and O–H groups in total. The number of benzene rings is 1. The first-order chi connectivity index (χ1) is 8.72. The maximum Gasteiger partial charge on any atom is 0.0667 e. The lowest BCUT2D eigenvalue weighted by molar-refractivity contribution is -0.0198. The van der Waals surface area contributed by atoms with Crippen molar-refractivity contribution in [3.05, 3.63) is 35.9 Å². The van der Waals surface area contributed by atoms with Crippen molar-refractivity contribution in [2.75, 3.05) is 6.61 Å². The second kappa shape index (κ2) is 6.32. The van der Waals surface area contributed by atoms with Crippen LogP contribution in [0.4, 0.5) is 0 Å². The molecule has 1 unspecified atom stereocenters. The third-order valence-corrected chi connectivity index (χ3v) is 3.91. The fraction of sp³-hybridized carbons (Fsp3) is 0.600. The summed E-state index contributed by atoms with van der Waals surface area (Å²) < 4.78 is 0. The van der Waals surface area contributed by atoms with Gasteiger partial charge in [0.05, 0.1) is 12.7 Å². The number of rotatable bonds is 4. The summed E-state index contributed by atoms with van der Waals surface area (Å²) >= 11 is 0. The standard InChI is InChI=1S/C15H23NO2/c1-12(18)15-9-5-8-14(11-17)16(15)10-13-6-3-2-4-7-13/h2-4,6-7,12,14-15,17-18H,5,8-11H2,1H3/t12?,14-,15+/m1/s1. The fourth-order valence-electron chi connectivity index (χ4n) is 2.92. The van der Waals surface area contributed by atoms with Gasteiger partial charge >= 0.3 is 0 Å². The van der Waals surface area contributed by atoms with Crippen molar-refractivity contribution in [2.45, 2.75) is 50.9 Å². The average Bonchev–Trinajstić information content (AvgIpc) is 2.40. The molecule has 100 valence electrons. The van der Waals surface area contributed by atoms with Gasteiger partial charge in [-0.2, -0.15) is 0 Å². The molecule has 0 radical (unpaired) electrons. The topological polar surface area (TPSA) is 43.7 Å². The second-order valence-electron chi connectivity index (χ2n) is 5.23. The predicted octanol–water partition coefficient (Wildman–Crippen LogP) is 1.78. The van der Waals surface area contributed by atoms with Gasteiger partial charge in [-0.25, -0.2) is 0 Å². The molecule has 1 saturated heterocycles. The molecule has 0 saturated carbocycles. The summed E-state index contributed by atoms with van der Waals surface area (Å²) in [5.74, 6) is 0. The average molecular weight is 249 g/mol. The van der Waals surface area contributed by atoms with Crippen molar-refractivity contribution < 1.29 is 10.2 Å². The molecule has 0 bridgehead atoms. The SMILES string of the molecule is CC(O)[C@@H]1CCC[C@H](CO)N1Cc1ccccc1. The second-order valence-corrected chi connectivity index (χ2v) is 5.23. The van der Waals surface area contributed by atoms with Crippen LogP contribution in [0.3, 0.4) is 0 Å². The molecule has 2 rings (SSSR count). The number of aliphatic hydroxyl groups excluding tert-OH is 2. The Morgan fingerprint density at radius 1 is 1.28 bits per heavy atom. The highest BCUT2D eigenvalue weighted by Gasteiger charge is 2.32. The third kappa shape index (κ3) is 3.10. The number of nitrogens with zero attached hydrogens (tertiary/aromatic N) is 1. The van der Waals surface area contributed by atoms with Gasteiger partial charge in [-0.05, 0) is 25.3 Å². The molecule has 3 nitrogen and oxygen atoms in total. The van der Waals surface area contributed by atoms with Gasteiger partial charge in [0.1, 0.15) is 0 Å². The third-order valence-electron chi connectivity index (χ3n) is 3.91. The van der Waals surface area contributed by atoms with Gasteiger partial charge in [-0.3, -0.25) is 4.90 Å². The Hall–Kier alpha value is -0.900. The van der Waals surface area contributed by atoms with E-state index in [1.807, 2.05) is 25.1 Å². The van der Waals surface area contributed by atoms with E-state index in [-0.39, 0.29) is 24.8 Å². The molecule has 1 fully saturated rings. The van der Waals surface area contributed by atoms with Crippen LogP contribution in [0, 0.1) is 0 Å². The Balaban J connectivity index is 2.13. The van der Waals surface area contributed by atoms with Crippen LogP contribution in [0.25, 0.3) is 0 Å². The smallest absolute Gasteiger partial charge is 0.0667 e. The molecular weight excluding hydrogens is 226 g/mol. The van der Waals surface area contributed by atoms with Crippen molar-refractivity contribution in [3.8, 4) is 0 Å². The zero-order valence-corrected chi connectivity index (χ0v) is 11.0. The molecule has 1 heterocycles. The lowest BCUT2D eigenvalue weighted by Crippen LogP contribution is -2.52. The molecule has 0 aromatic heterocycles. The molecule has 3 heteroatoms. The maximum absolute atomic E-state index is 9.92. The summed E-state index contributed by atoms with van der Waals surface area (Å²) in [5, 5.41) is 19.4. The first-order valence-corrected chi connectivity index (χ1v) is 6.81. The van der Waals surface area contributed by atoms with Crippen molar-refractivity contribution in [3.63, 3.8) is 0 Å². The summed E-state index contributed by atoms with van der Waals surface area (Å²) in [7, 11) is 0. The van der Waals surface area contributed by atoms with Crippen molar-refractivity contribution in [1.29, 1.82) is 0 Å². The summed E-state index contributed by atoms with van der Waals surface area (Å²) in [6.07, 6.45) is 2.78. The van der Waals surface area contributed by atoms with Gasteiger partial charge < -0.3 is 10.2 Å².